The van der Waals surface area contributed by atoms with Gasteiger partial charge in [-0.25, -0.2) is 0 Å². The summed E-state index contributed by atoms with van der Waals surface area (Å²) >= 11 is 0. The molecule has 132 valence electrons. The van der Waals surface area contributed by atoms with Gasteiger partial charge in [-0.05, 0) is 32.0 Å². The highest BCUT2D eigenvalue weighted by atomic mass is 16.6. The Labute approximate surface area is 144 Å². The van der Waals surface area contributed by atoms with Crippen LogP contribution in [0.3, 0.4) is 0 Å². The summed E-state index contributed by atoms with van der Waals surface area (Å²) in [4.78, 5) is 14.2. The first kappa shape index (κ1) is 17.1. The Hall–Kier alpha value is -1.75. The maximum Gasteiger partial charge on any atom is 0.221 e. The molecule has 1 aromatic carbocycles. The fourth-order valence-corrected chi connectivity index (χ4v) is 3.43. The molecule has 2 aliphatic rings. The van der Waals surface area contributed by atoms with E-state index in [1.807, 2.05) is 31.3 Å². The highest BCUT2D eigenvalue weighted by Crippen LogP contribution is 2.30. The number of likely N-dealkylation sites (N-methyl/N-ethyl adjacent to an activating group) is 1. The zero-order valence-corrected chi connectivity index (χ0v) is 14.5. The van der Waals surface area contributed by atoms with Gasteiger partial charge in [0.1, 0.15) is 12.7 Å². The van der Waals surface area contributed by atoms with E-state index in [1.165, 1.54) is 19.3 Å². The average molecular weight is 332 g/mol. The van der Waals surface area contributed by atoms with E-state index in [1.54, 1.807) is 0 Å². The van der Waals surface area contributed by atoms with Gasteiger partial charge in [0.2, 0.25) is 5.91 Å². The smallest absolute Gasteiger partial charge is 0.221 e. The summed E-state index contributed by atoms with van der Waals surface area (Å²) in [5, 5.41) is 3.17. The highest BCUT2D eigenvalue weighted by Gasteiger charge is 2.22. The van der Waals surface area contributed by atoms with Gasteiger partial charge >= 0.3 is 0 Å². The molecule has 1 aliphatic carbocycles. The number of nitrogens with zero attached hydrogens (tertiary/aromatic N) is 1. The van der Waals surface area contributed by atoms with E-state index in [9.17, 15) is 4.79 Å². The Bertz CT molecular complexity index is 543. The Morgan fingerprint density at radius 2 is 1.96 bits per heavy atom. The number of hydrogen-bond donors (Lipinski definition) is 1. The number of ether oxygens (including phenoxy) is 2. The molecule has 1 aliphatic heterocycles. The predicted molar refractivity (Wildman–Crippen MR) is 93.5 cm³/mol. The van der Waals surface area contributed by atoms with Crippen LogP contribution >= 0.6 is 0 Å². The molecule has 5 nitrogen and oxygen atoms in total. The van der Waals surface area contributed by atoms with Crippen molar-refractivity contribution in [1.29, 1.82) is 0 Å². The third-order valence-electron chi connectivity index (χ3n) is 4.77. The predicted octanol–water partition coefficient (Wildman–Crippen LogP) is 2.60. The molecule has 1 N–H and O–H groups in total. The molecule has 1 unspecified atom stereocenters. The Morgan fingerprint density at radius 1 is 1.21 bits per heavy atom. The van der Waals surface area contributed by atoms with Crippen LogP contribution in [0.1, 0.15) is 38.5 Å². The fourth-order valence-electron chi connectivity index (χ4n) is 3.43. The van der Waals surface area contributed by atoms with E-state index in [-0.39, 0.29) is 12.0 Å². The van der Waals surface area contributed by atoms with Crippen molar-refractivity contribution in [1.82, 2.24) is 10.2 Å². The number of carbonyl (C=O) groups excluding carboxylic acids is 1. The van der Waals surface area contributed by atoms with Crippen molar-refractivity contribution < 1.29 is 14.3 Å². The summed E-state index contributed by atoms with van der Waals surface area (Å²) in [5.41, 5.74) is 0. The molecule has 0 radical (unpaired) electrons. The second kappa shape index (κ2) is 8.38. The Morgan fingerprint density at radius 3 is 2.75 bits per heavy atom. The molecule has 1 fully saturated rings. The van der Waals surface area contributed by atoms with Gasteiger partial charge in [-0.15, -0.1) is 0 Å². The lowest BCUT2D eigenvalue weighted by molar-refractivity contribution is -0.122. The molecule has 0 bridgehead atoms. The third-order valence-corrected chi connectivity index (χ3v) is 4.77. The van der Waals surface area contributed by atoms with Crippen molar-refractivity contribution in [2.24, 2.45) is 0 Å². The number of benzene rings is 1. The maximum absolute atomic E-state index is 12.1. The monoisotopic (exact) mass is 332 g/mol. The summed E-state index contributed by atoms with van der Waals surface area (Å²) in [6, 6.07) is 8.14. The number of fused-ring (bicyclic) bond motifs is 1. The quantitative estimate of drug-likeness (QED) is 0.870. The molecule has 1 heterocycles. The standard InChI is InChI=1S/C19H28N2O3/c1-21(12-11-19(22)20-15-7-3-2-4-8-15)13-16-14-23-17-9-5-6-10-18(17)24-16/h5-6,9-10,15-16H,2-4,7-8,11-14H2,1H3,(H,20,22). The zero-order chi connectivity index (χ0) is 16.8. The molecule has 0 aromatic heterocycles. The van der Waals surface area contributed by atoms with Gasteiger partial charge < -0.3 is 19.7 Å². The molecular weight excluding hydrogens is 304 g/mol. The minimum absolute atomic E-state index is 0.00584. The van der Waals surface area contributed by atoms with Gasteiger partial charge in [0.15, 0.2) is 11.5 Å². The van der Waals surface area contributed by atoms with E-state index in [4.69, 9.17) is 9.47 Å². The van der Waals surface area contributed by atoms with E-state index < -0.39 is 0 Å². The number of para-hydroxylation sites is 2. The van der Waals surface area contributed by atoms with Gasteiger partial charge in [0, 0.05) is 25.6 Å². The third kappa shape index (κ3) is 4.87. The maximum atomic E-state index is 12.1. The molecule has 1 aromatic rings. The van der Waals surface area contributed by atoms with E-state index >= 15 is 0 Å². The summed E-state index contributed by atoms with van der Waals surface area (Å²) in [6.07, 6.45) is 6.60. The lowest BCUT2D eigenvalue weighted by atomic mass is 9.95. The van der Waals surface area contributed by atoms with Crippen LogP contribution < -0.4 is 14.8 Å². The molecule has 0 saturated heterocycles. The first-order valence-electron chi connectivity index (χ1n) is 9.07. The SMILES string of the molecule is CN(CCC(=O)NC1CCCCC1)CC1COc2ccccc2O1. The summed E-state index contributed by atoms with van der Waals surface area (Å²) in [6.45, 7) is 2.04. The number of rotatable bonds is 6. The van der Waals surface area contributed by atoms with Gasteiger partial charge in [0.05, 0.1) is 0 Å². The molecule has 1 amide bonds. The topological polar surface area (TPSA) is 50.8 Å². The van der Waals surface area contributed by atoms with Crippen LogP contribution in [0.5, 0.6) is 11.5 Å². The molecule has 5 heteroatoms. The van der Waals surface area contributed by atoms with Crippen molar-refractivity contribution in [3.63, 3.8) is 0 Å². The van der Waals surface area contributed by atoms with Crippen molar-refractivity contribution in [3.8, 4) is 11.5 Å². The highest BCUT2D eigenvalue weighted by molar-refractivity contribution is 5.76. The van der Waals surface area contributed by atoms with Crippen LogP contribution in [-0.2, 0) is 4.79 Å². The number of nitrogens with one attached hydrogen (secondary N) is 1. The van der Waals surface area contributed by atoms with Gasteiger partial charge in [-0.2, -0.15) is 0 Å². The number of carbonyl (C=O) groups is 1. The van der Waals surface area contributed by atoms with Crippen LogP contribution in [0.2, 0.25) is 0 Å². The summed E-state index contributed by atoms with van der Waals surface area (Å²) in [7, 11) is 2.03. The van der Waals surface area contributed by atoms with Gasteiger partial charge in [0.25, 0.3) is 0 Å². The number of hydrogen-bond acceptors (Lipinski definition) is 4. The molecule has 1 saturated carbocycles. The number of amides is 1. The second-order valence-corrected chi connectivity index (χ2v) is 6.91. The first-order valence-corrected chi connectivity index (χ1v) is 9.07. The van der Waals surface area contributed by atoms with E-state index in [0.717, 1.165) is 37.4 Å². The Kier molecular flexibility index (Phi) is 5.96. The van der Waals surface area contributed by atoms with Crippen LogP contribution in [0.15, 0.2) is 24.3 Å². The van der Waals surface area contributed by atoms with Gasteiger partial charge in [-0.3, -0.25) is 4.79 Å². The molecular formula is C19H28N2O3. The molecule has 1 atom stereocenters. The van der Waals surface area contributed by atoms with Crippen molar-refractivity contribution in [2.75, 3.05) is 26.7 Å². The van der Waals surface area contributed by atoms with Crippen LogP contribution in [-0.4, -0.2) is 49.7 Å². The van der Waals surface area contributed by atoms with Gasteiger partial charge in [-0.1, -0.05) is 31.4 Å². The lowest BCUT2D eigenvalue weighted by Gasteiger charge is -2.29. The summed E-state index contributed by atoms with van der Waals surface area (Å²) < 4.78 is 11.7. The van der Waals surface area contributed by atoms with Crippen molar-refractivity contribution in [3.05, 3.63) is 24.3 Å². The van der Waals surface area contributed by atoms with E-state index in [0.29, 0.717) is 19.1 Å². The fraction of sp³-hybridized carbons (Fsp3) is 0.632. The Balaban J connectivity index is 1.36. The minimum atomic E-state index is 0.00584. The minimum Gasteiger partial charge on any atom is -0.486 e. The molecule has 24 heavy (non-hydrogen) atoms. The van der Waals surface area contributed by atoms with Crippen molar-refractivity contribution in [2.45, 2.75) is 50.7 Å². The normalized spacial score (nSPS) is 20.8. The molecule has 0 spiro atoms. The van der Waals surface area contributed by atoms with Crippen LogP contribution in [0.25, 0.3) is 0 Å². The first-order chi connectivity index (χ1) is 11.7. The van der Waals surface area contributed by atoms with E-state index in [2.05, 4.69) is 10.2 Å². The lowest BCUT2D eigenvalue weighted by Crippen LogP contribution is -2.41. The zero-order valence-electron chi connectivity index (χ0n) is 14.5. The molecule has 3 rings (SSSR count). The van der Waals surface area contributed by atoms with Crippen LogP contribution in [0, 0.1) is 0 Å². The second-order valence-electron chi connectivity index (χ2n) is 6.91. The largest absolute Gasteiger partial charge is 0.486 e. The van der Waals surface area contributed by atoms with Crippen molar-refractivity contribution >= 4 is 5.91 Å². The average Bonchev–Trinajstić information content (AvgIpc) is 2.61. The van der Waals surface area contributed by atoms with Crippen LogP contribution in [0.4, 0.5) is 0 Å². The summed E-state index contributed by atoms with van der Waals surface area (Å²) in [5.74, 6) is 1.78.